The molecule has 162 valence electrons. The van der Waals surface area contributed by atoms with Crippen molar-refractivity contribution in [1.29, 1.82) is 0 Å². The van der Waals surface area contributed by atoms with E-state index in [0.717, 1.165) is 6.42 Å². The number of nitrogens with one attached hydrogen (secondary N) is 1. The molecule has 3 amide bonds. The number of hydrogen-bond donors (Lipinski definition) is 1. The predicted octanol–water partition coefficient (Wildman–Crippen LogP) is 3.86. The summed E-state index contributed by atoms with van der Waals surface area (Å²) in [6.45, 7) is 3.30. The summed E-state index contributed by atoms with van der Waals surface area (Å²) in [6, 6.07) is 12.4. The van der Waals surface area contributed by atoms with Crippen LogP contribution in [0.4, 0.5) is 17.1 Å². The van der Waals surface area contributed by atoms with E-state index < -0.39 is 5.92 Å². The predicted molar refractivity (Wildman–Crippen MR) is 120 cm³/mol. The third-order valence-electron chi connectivity index (χ3n) is 5.53. The van der Waals surface area contributed by atoms with E-state index in [1.54, 1.807) is 28.0 Å². The van der Waals surface area contributed by atoms with Crippen LogP contribution in [-0.2, 0) is 14.4 Å². The van der Waals surface area contributed by atoms with Gasteiger partial charge in [0.15, 0.2) is 0 Å². The van der Waals surface area contributed by atoms with Crippen molar-refractivity contribution in [3.05, 3.63) is 47.5 Å². The standard InChI is InChI=1S/C23H24ClN3O4/c1-2-31-20-7-4-3-6-19(20)27-14-15(12-22(27)29)23(30)25-16-9-10-18(17(24)13-16)26-11-5-8-21(26)28/h3-4,6-7,9-10,13,15H,2,5,8,11-12,14H2,1H3,(H,25,30)/t15-/m0/s1. The van der Waals surface area contributed by atoms with Gasteiger partial charge in [-0.3, -0.25) is 14.4 Å². The van der Waals surface area contributed by atoms with Crippen molar-refractivity contribution < 1.29 is 19.1 Å². The van der Waals surface area contributed by atoms with Crippen LogP contribution in [0.15, 0.2) is 42.5 Å². The molecule has 0 spiro atoms. The van der Waals surface area contributed by atoms with Gasteiger partial charge in [0, 0.05) is 31.6 Å². The Morgan fingerprint density at radius 2 is 1.94 bits per heavy atom. The zero-order valence-electron chi connectivity index (χ0n) is 17.3. The lowest BCUT2D eigenvalue weighted by Gasteiger charge is -2.20. The molecule has 2 aliphatic rings. The lowest BCUT2D eigenvalue weighted by Crippen LogP contribution is -2.28. The third kappa shape index (κ3) is 4.37. The molecular weight excluding hydrogens is 418 g/mol. The van der Waals surface area contributed by atoms with Crippen LogP contribution in [0, 0.1) is 5.92 Å². The zero-order chi connectivity index (χ0) is 22.0. The average molecular weight is 442 g/mol. The van der Waals surface area contributed by atoms with Crippen molar-refractivity contribution in [2.24, 2.45) is 5.92 Å². The van der Waals surface area contributed by atoms with Gasteiger partial charge >= 0.3 is 0 Å². The van der Waals surface area contributed by atoms with E-state index in [2.05, 4.69) is 5.32 Å². The van der Waals surface area contributed by atoms with Crippen molar-refractivity contribution >= 4 is 46.4 Å². The molecule has 7 nitrogen and oxygen atoms in total. The summed E-state index contributed by atoms with van der Waals surface area (Å²) in [5, 5.41) is 3.25. The summed E-state index contributed by atoms with van der Waals surface area (Å²) < 4.78 is 5.63. The molecular formula is C23H24ClN3O4. The number of hydrogen-bond acceptors (Lipinski definition) is 4. The molecule has 4 rings (SSSR count). The Balaban J connectivity index is 1.44. The second-order valence-corrected chi connectivity index (χ2v) is 8.02. The number of benzene rings is 2. The lowest BCUT2D eigenvalue weighted by atomic mass is 10.1. The van der Waals surface area contributed by atoms with Gasteiger partial charge in [-0.15, -0.1) is 0 Å². The van der Waals surface area contributed by atoms with Crippen LogP contribution in [0.2, 0.25) is 5.02 Å². The highest BCUT2D eigenvalue weighted by atomic mass is 35.5. The van der Waals surface area contributed by atoms with Gasteiger partial charge in [-0.05, 0) is 43.7 Å². The van der Waals surface area contributed by atoms with E-state index >= 15 is 0 Å². The summed E-state index contributed by atoms with van der Waals surface area (Å²) in [4.78, 5) is 40.7. The molecule has 2 heterocycles. The Bertz CT molecular complexity index is 1030. The van der Waals surface area contributed by atoms with Gasteiger partial charge in [0.25, 0.3) is 0 Å². The maximum absolute atomic E-state index is 12.8. The van der Waals surface area contributed by atoms with Gasteiger partial charge in [0.05, 0.1) is 28.9 Å². The minimum absolute atomic E-state index is 0.0515. The molecule has 0 bridgehead atoms. The highest BCUT2D eigenvalue weighted by molar-refractivity contribution is 6.34. The van der Waals surface area contributed by atoms with E-state index in [1.165, 1.54) is 0 Å². The van der Waals surface area contributed by atoms with E-state index in [4.69, 9.17) is 16.3 Å². The van der Waals surface area contributed by atoms with Gasteiger partial charge in [0.2, 0.25) is 17.7 Å². The number of ether oxygens (including phenoxy) is 1. The molecule has 2 aromatic rings. The summed E-state index contributed by atoms with van der Waals surface area (Å²) in [6.07, 6.45) is 1.46. The normalized spacial score (nSPS) is 18.6. The first kappa shape index (κ1) is 21.2. The van der Waals surface area contributed by atoms with Gasteiger partial charge in [-0.25, -0.2) is 0 Å². The molecule has 0 aliphatic carbocycles. The number of nitrogens with zero attached hydrogens (tertiary/aromatic N) is 2. The van der Waals surface area contributed by atoms with Gasteiger partial charge in [-0.1, -0.05) is 23.7 Å². The molecule has 0 unspecified atom stereocenters. The molecule has 0 saturated carbocycles. The molecule has 0 radical (unpaired) electrons. The average Bonchev–Trinajstić information content (AvgIpc) is 3.34. The molecule has 2 saturated heterocycles. The molecule has 2 fully saturated rings. The van der Waals surface area contributed by atoms with Crippen LogP contribution in [0.3, 0.4) is 0 Å². The first-order valence-electron chi connectivity index (χ1n) is 10.4. The molecule has 8 heteroatoms. The Morgan fingerprint density at radius 1 is 1.13 bits per heavy atom. The SMILES string of the molecule is CCOc1ccccc1N1C[C@@H](C(=O)Nc2ccc(N3CCCC3=O)c(Cl)c2)CC1=O. The van der Waals surface area contributed by atoms with Gasteiger partial charge in [0.1, 0.15) is 5.75 Å². The fourth-order valence-corrected chi connectivity index (χ4v) is 4.31. The maximum Gasteiger partial charge on any atom is 0.229 e. The van der Waals surface area contributed by atoms with Crippen molar-refractivity contribution in [3.63, 3.8) is 0 Å². The summed E-state index contributed by atoms with van der Waals surface area (Å²) >= 11 is 6.37. The highest BCUT2D eigenvalue weighted by Crippen LogP contribution is 2.34. The molecule has 31 heavy (non-hydrogen) atoms. The van der Waals surface area contributed by atoms with Crippen molar-refractivity contribution in [3.8, 4) is 5.75 Å². The van der Waals surface area contributed by atoms with Crippen molar-refractivity contribution in [2.75, 3.05) is 34.8 Å². The van der Waals surface area contributed by atoms with Gasteiger partial charge in [-0.2, -0.15) is 0 Å². The first-order chi connectivity index (χ1) is 15.0. The van der Waals surface area contributed by atoms with Crippen molar-refractivity contribution in [1.82, 2.24) is 0 Å². The number of anilines is 3. The number of halogens is 1. The lowest BCUT2D eigenvalue weighted by molar-refractivity contribution is -0.122. The first-order valence-corrected chi connectivity index (χ1v) is 10.8. The smallest absolute Gasteiger partial charge is 0.229 e. The Hall–Kier alpha value is -3.06. The minimum atomic E-state index is -0.485. The number of amides is 3. The molecule has 0 aromatic heterocycles. The highest BCUT2D eigenvalue weighted by Gasteiger charge is 2.36. The fourth-order valence-electron chi connectivity index (χ4n) is 4.02. The summed E-state index contributed by atoms with van der Waals surface area (Å²) in [5.41, 5.74) is 1.86. The second-order valence-electron chi connectivity index (χ2n) is 7.61. The van der Waals surface area contributed by atoms with E-state index in [0.29, 0.717) is 47.4 Å². The van der Waals surface area contributed by atoms with Gasteiger partial charge < -0.3 is 19.9 Å². The summed E-state index contributed by atoms with van der Waals surface area (Å²) in [5.74, 6) is -0.173. The number of carbonyl (C=O) groups is 3. The van der Waals surface area contributed by atoms with Crippen LogP contribution >= 0.6 is 11.6 Å². The quantitative estimate of drug-likeness (QED) is 0.738. The number of carbonyl (C=O) groups excluding carboxylic acids is 3. The fraction of sp³-hybridized carbons (Fsp3) is 0.348. The maximum atomic E-state index is 12.8. The Labute approximate surface area is 185 Å². The molecule has 2 aromatic carbocycles. The molecule has 2 aliphatic heterocycles. The molecule has 1 N–H and O–H groups in total. The van der Waals surface area contributed by atoms with E-state index in [1.807, 2.05) is 31.2 Å². The van der Waals surface area contributed by atoms with Crippen LogP contribution in [0.5, 0.6) is 5.75 Å². The minimum Gasteiger partial charge on any atom is -0.492 e. The number of rotatable bonds is 6. The monoisotopic (exact) mass is 441 g/mol. The van der Waals surface area contributed by atoms with Crippen LogP contribution < -0.4 is 19.9 Å². The zero-order valence-corrected chi connectivity index (χ0v) is 18.0. The van der Waals surface area contributed by atoms with Crippen LogP contribution in [0.1, 0.15) is 26.2 Å². The Morgan fingerprint density at radius 3 is 2.65 bits per heavy atom. The molecule has 1 atom stereocenters. The second kappa shape index (κ2) is 8.98. The van der Waals surface area contributed by atoms with E-state index in [-0.39, 0.29) is 30.7 Å². The largest absolute Gasteiger partial charge is 0.492 e. The van der Waals surface area contributed by atoms with Crippen LogP contribution in [0.25, 0.3) is 0 Å². The number of para-hydroxylation sites is 2. The summed E-state index contributed by atoms with van der Waals surface area (Å²) in [7, 11) is 0. The van der Waals surface area contributed by atoms with Crippen molar-refractivity contribution in [2.45, 2.75) is 26.2 Å². The topological polar surface area (TPSA) is 79.0 Å². The van der Waals surface area contributed by atoms with E-state index in [9.17, 15) is 14.4 Å². The Kier molecular flexibility index (Phi) is 6.13. The third-order valence-corrected chi connectivity index (χ3v) is 5.83. The van der Waals surface area contributed by atoms with Crippen LogP contribution in [-0.4, -0.2) is 37.4 Å².